The second kappa shape index (κ2) is 5.67. The minimum atomic E-state index is -0.966. The molecule has 1 aliphatic rings. The quantitative estimate of drug-likeness (QED) is 0.781. The SMILES string of the molecule is O=C(O)C(CSc1cc(F)ccc1F)NC1CC1. The topological polar surface area (TPSA) is 49.3 Å². The average molecular weight is 273 g/mol. The normalized spacial score (nSPS) is 16.6. The number of rotatable bonds is 6. The summed E-state index contributed by atoms with van der Waals surface area (Å²) < 4.78 is 26.3. The maximum absolute atomic E-state index is 13.3. The summed E-state index contributed by atoms with van der Waals surface area (Å²) in [6.45, 7) is 0. The molecular formula is C12H13F2NO2S. The van der Waals surface area contributed by atoms with E-state index < -0.39 is 23.6 Å². The van der Waals surface area contributed by atoms with Crippen LogP contribution < -0.4 is 5.32 Å². The number of nitrogens with one attached hydrogen (secondary N) is 1. The second-order valence-electron chi connectivity index (χ2n) is 4.22. The number of carboxylic acids is 1. The van der Waals surface area contributed by atoms with Crippen molar-refractivity contribution in [1.29, 1.82) is 0 Å². The standard InChI is InChI=1S/C12H13F2NO2S/c13-7-1-4-9(14)11(5-7)18-6-10(12(16)17)15-8-2-3-8/h1,4-5,8,10,15H,2-3,6H2,(H,16,17). The Balaban J connectivity index is 1.95. The van der Waals surface area contributed by atoms with Crippen LogP contribution >= 0.6 is 11.8 Å². The first-order valence-electron chi connectivity index (χ1n) is 5.63. The van der Waals surface area contributed by atoms with E-state index in [4.69, 9.17) is 5.11 Å². The van der Waals surface area contributed by atoms with Gasteiger partial charge in [0.15, 0.2) is 0 Å². The summed E-state index contributed by atoms with van der Waals surface area (Å²) in [5.74, 6) is -1.85. The molecule has 0 aromatic heterocycles. The number of halogens is 2. The van der Waals surface area contributed by atoms with Gasteiger partial charge in [0.25, 0.3) is 0 Å². The molecule has 1 saturated carbocycles. The molecule has 0 amide bonds. The summed E-state index contributed by atoms with van der Waals surface area (Å²) in [5.41, 5.74) is 0. The molecule has 2 rings (SSSR count). The van der Waals surface area contributed by atoms with Gasteiger partial charge in [-0.1, -0.05) is 0 Å². The summed E-state index contributed by atoms with van der Waals surface area (Å²) in [4.78, 5) is 11.1. The Bertz CT molecular complexity index is 452. The highest BCUT2D eigenvalue weighted by Crippen LogP contribution is 2.25. The molecular weight excluding hydrogens is 260 g/mol. The minimum absolute atomic E-state index is 0.138. The number of aliphatic carboxylic acids is 1. The summed E-state index contributed by atoms with van der Waals surface area (Å²) >= 11 is 1.01. The van der Waals surface area contributed by atoms with E-state index in [1.165, 1.54) is 0 Å². The zero-order valence-electron chi connectivity index (χ0n) is 9.53. The number of carboxylic acid groups (broad SMARTS) is 1. The molecule has 3 nitrogen and oxygen atoms in total. The van der Waals surface area contributed by atoms with Crippen LogP contribution in [0.2, 0.25) is 0 Å². The van der Waals surface area contributed by atoms with Crippen molar-refractivity contribution in [2.75, 3.05) is 5.75 Å². The first kappa shape index (κ1) is 13.3. The Labute approximate surface area is 108 Å². The fraction of sp³-hybridized carbons (Fsp3) is 0.417. The first-order chi connectivity index (χ1) is 8.56. The molecule has 98 valence electrons. The monoisotopic (exact) mass is 273 g/mol. The van der Waals surface area contributed by atoms with Gasteiger partial charge in [0.1, 0.15) is 17.7 Å². The highest BCUT2D eigenvalue weighted by atomic mass is 32.2. The van der Waals surface area contributed by atoms with Gasteiger partial charge >= 0.3 is 5.97 Å². The van der Waals surface area contributed by atoms with Gasteiger partial charge in [0, 0.05) is 16.7 Å². The second-order valence-corrected chi connectivity index (χ2v) is 5.28. The van der Waals surface area contributed by atoms with Crippen LogP contribution in [-0.4, -0.2) is 28.9 Å². The summed E-state index contributed by atoms with van der Waals surface area (Å²) in [6, 6.07) is 2.68. The number of hydrogen-bond donors (Lipinski definition) is 2. The molecule has 0 saturated heterocycles. The van der Waals surface area contributed by atoms with E-state index in [-0.39, 0.29) is 16.7 Å². The lowest BCUT2D eigenvalue weighted by atomic mass is 10.3. The molecule has 2 N–H and O–H groups in total. The number of thioether (sulfide) groups is 1. The largest absolute Gasteiger partial charge is 0.480 e. The van der Waals surface area contributed by atoms with E-state index >= 15 is 0 Å². The zero-order chi connectivity index (χ0) is 13.1. The van der Waals surface area contributed by atoms with E-state index in [1.807, 2.05) is 0 Å². The average Bonchev–Trinajstić information content (AvgIpc) is 3.12. The maximum atomic E-state index is 13.3. The number of benzene rings is 1. The highest BCUT2D eigenvalue weighted by Gasteiger charge is 2.28. The van der Waals surface area contributed by atoms with E-state index in [2.05, 4.69) is 5.32 Å². The Morgan fingerprint density at radius 1 is 1.50 bits per heavy atom. The third-order valence-electron chi connectivity index (χ3n) is 2.61. The van der Waals surface area contributed by atoms with Crippen LogP contribution in [0.5, 0.6) is 0 Å². The molecule has 0 spiro atoms. The summed E-state index contributed by atoms with van der Waals surface area (Å²) in [7, 11) is 0. The van der Waals surface area contributed by atoms with E-state index in [0.717, 1.165) is 42.8 Å². The molecule has 1 fully saturated rings. The van der Waals surface area contributed by atoms with Crippen LogP contribution in [0, 0.1) is 11.6 Å². The van der Waals surface area contributed by atoms with Crippen molar-refractivity contribution in [3.05, 3.63) is 29.8 Å². The van der Waals surface area contributed by atoms with E-state index in [9.17, 15) is 13.6 Å². The predicted molar refractivity (Wildman–Crippen MR) is 64.7 cm³/mol. The molecule has 0 bridgehead atoms. The van der Waals surface area contributed by atoms with Gasteiger partial charge in [-0.05, 0) is 31.0 Å². The van der Waals surface area contributed by atoms with Gasteiger partial charge in [-0.3, -0.25) is 4.79 Å². The minimum Gasteiger partial charge on any atom is -0.480 e. The van der Waals surface area contributed by atoms with Crippen LogP contribution in [0.3, 0.4) is 0 Å². The van der Waals surface area contributed by atoms with Crippen LogP contribution in [0.1, 0.15) is 12.8 Å². The Kier molecular flexibility index (Phi) is 4.19. The van der Waals surface area contributed by atoms with Gasteiger partial charge in [-0.15, -0.1) is 11.8 Å². The smallest absolute Gasteiger partial charge is 0.321 e. The predicted octanol–water partition coefficient (Wildman–Crippen LogP) is 2.26. The van der Waals surface area contributed by atoms with Crippen molar-refractivity contribution in [1.82, 2.24) is 5.32 Å². The fourth-order valence-corrected chi connectivity index (χ4v) is 2.47. The molecule has 1 unspecified atom stereocenters. The van der Waals surface area contributed by atoms with Crippen molar-refractivity contribution >= 4 is 17.7 Å². The molecule has 1 aliphatic carbocycles. The van der Waals surface area contributed by atoms with Crippen molar-refractivity contribution < 1.29 is 18.7 Å². The van der Waals surface area contributed by atoms with Crippen LogP contribution in [0.4, 0.5) is 8.78 Å². The highest BCUT2D eigenvalue weighted by molar-refractivity contribution is 7.99. The lowest BCUT2D eigenvalue weighted by molar-refractivity contribution is -0.138. The van der Waals surface area contributed by atoms with Gasteiger partial charge in [-0.2, -0.15) is 0 Å². The first-order valence-corrected chi connectivity index (χ1v) is 6.61. The summed E-state index contributed by atoms with van der Waals surface area (Å²) in [6.07, 6.45) is 1.95. The molecule has 1 atom stereocenters. The van der Waals surface area contributed by atoms with E-state index in [1.54, 1.807) is 0 Å². The Morgan fingerprint density at radius 2 is 2.22 bits per heavy atom. The lowest BCUT2D eigenvalue weighted by Gasteiger charge is -2.13. The van der Waals surface area contributed by atoms with Gasteiger partial charge in [0.05, 0.1) is 0 Å². The van der Waals surface area contributed by atoms with Crippen molar-refractivity contribution in [3.63, 3.8) is 0 Å². The molecule has 1 aromatic carbocycles. The number of carbonyl (C=O) groups is 1. The van der Waals surface area contributed by atoms with Gasteiger partial charge < -0.3 is 10.4 Å². The maximum Gasteiger partial charge on any atom is 0.321 e. The molecule has 6 heteroatoms. The van der Waals surface area contributed by atoms with Crippen LogP contribution in [0.15, 0.2) is 23.1 Å². The molecule has 1 aromatic rings. The fourth-order valence-electron chi connectivity index (χ4n) is 1.49. The third kappa shape index (κ3) is 3.68. The van der Waals surface area contributed by atoms with E-state index in [0.29, 0.717) is 0 Å². The zero-order valence-corrected chi connectivity index (χ0v) is 10.3. The molecule has 18 heavy (non-hydrogen) atoms. The van der Waals surface area contributed by atoms with Crippen LogP contribution in [-0.2, 0) is 4.79 Å². The molecule has 0 aliphatic heterocycles. The van der Waals surface area contributed by atoms with Gasteiger partial charge in [0.2, 0.25) is 0 Å². The van der Waals surface area contributed by atoms with Crippen molar-refractivity contribution in [2.45, 2.75) is 29.8 Å². The third-order valence-corrected chi connectivity index (χ3v) is 3.73. The van der Waals surface area contributed by atoms with Crippen molar-refractivity contribution in [3.8, 4) is 0 Å². The van der Waals surface area contributed by atoms with Gasteiger partial charge in [-0.25, -0.2) is 8.78 Å². The number of hydrogen-bond acceptors (Lipinski definition) is 3. The Morgan fingerprint density at radius 3 is 2.83 bits per heavy atom. The molecule has 0 heterocycles. The Hall–Kier alpha value is -1.14. The van der Waals surface area contributed by atoms with Crippen molar-refractivity contribution in [2.24, 2.45) is 0 Å². The summed E-state index contributed by atoms with van der Waals surface area (Å²) in [5, 5.41) is 12.0. The molecule has 0 radical (unpaired) electrons. The van der Waals surface area contributed by atoms with Crippen LogP contribution in [0.25, 0.3) is 0 Å². The lowest BCUT2D eigenvalue weighted by Crippen LogP contribution is -2.40.